The summed E-state index contributed by atoms with van der Waals surface area (Å²) in [6.45, 7) is 6.58. The summed E-state index contributed by atoms with van der Waals surface area (Å²) in [7, 11) is 0. The number of hydrogen-bond acceptors (Lipinski definition) is 20. The quantitative estimate of drug-likeness (QED) is 0.0226. The highest BCUT2D eigenvalue weighted by atomic mass is 19.1. The van der Waals surface area contributed by atoms with Crippen LogP contribution < -0.4 is 10.4 Å². The van der Waals surface area contributed by atoms with Crippen LogP contribution in [0.2, 0.25) is 0 Å². The number of rotatable bonds is 26. The minimum Gasteiger partial charge on any atom is -0.692 e. The maximum Gasteiger partial charge on any atom is 0.335 e. The summed E-state index contributed by atoms with van der Waals surface area (Å²) in [5.41, 5.74) is 0.367. The van der Waals surface area contributed by atoms with Crippen LogP contribution in [0.25, 0.3) is 0 Å². The van der Waals surface area contributed by atoms with Crippen LogP contribution in [-0.2, 0) is 75.4 Å². The minimum atomic E-state index is -2.52. The molecule has 0 radical (unpaired) electrons. The summed E-state index contributed by atoms with van der Waals surface area (Å²) < 4.78 is 63.4. The van der Waals surface area contributed by atoms with Crippen LogP contribution in [-0.4, -0.2) is 188 Å². The van der Waals surface area contributed by atoms with E-state index in [2.05, 4.69) is 33.4 Å². The molecule has 14 atom stereocenters. The van der Waals surface area contributed by atoms with Crippen LogP contribution in [0.15, 0.2) is 31.5 Å². The summed E-state index contributed by atoms with van der Waals surface area (Å²) in [6, 6.07) is 0. The van der Waals surface area contributed by atoms with E-state index in [-0.39, 0.29) is 64.2 Å². The van der Waals surface area contributed by atoms with E-state index >= 15 is 4.39 Å². The SMILES string of the molecule is C=C[C@@H]1O[C@H](C=C)[C@@H]2C(=O)N(CCCCCN(Cc3cn(CCOCCO[C@@H]4OC(C(=O)O)[C@@H](O[C@H]5OC(COO[O-])[C@@H](O)[C@H](O)C5F)[C@H](O)C4F)nn3)C(=O)CCC(=O)[O-])C(=O)[C@@H]21. The number of fused-ring (bicyclic) bond motifs is 1. The highest BCUT2D eigenvalue weighted by molar-refractivity contribution is 6.06. The lowest BCUT2D eigenvalue weighted by molar-refractivity contribution is -0.801. The van der Waals surface area contributed by atoms with Crippen molar-refractivity contribution < 1.29 is 102 Å². The molecule has 0 aromatic carbocycles. The van der Waals surface area contributed by atoms with Gasteiger partial charge in [-0.15, -0.1) is 18.3 Å². The van der Waals surface area contributed by atoms with Gasteiger partial charge < -0.3 is 68.9 Å². The molecule has 0 aliphatic carbocycles. The number of imide groups is 1. The van der Waals surface area contributed by atoms with Crippen molar-refractivity contribution in [3.8, 4) is 0 Å². The van der Waals surface area contributed by atoms with Gasteiger partial charge in [-0.1, -0.05) is 17.4 Å². The Kier molecular flexibility index (Phi) is 18.7. The largest absolute Gasteiger partial charge is 0.692 e. The van der Waals surface area contributed by atoms with Gasteiger partial charge in [-0.05, 0) is 25.7 Å². The first kappa shape index (κ1) is 50.5. The van der Waals surface area contributed by atoms with Gasteiger partial charge in [0.15, 0.2) is 31.0 Å². The number of aliphatic hydroxyl groups is 3. The van der Waals surface area contributed by atoms with E-state index in [4.69, 9.17) is 28.4 Å². The first-order chi connectivity index (χ1) is 30.6. The molecule has 4 unspecified atom stereocenters. The molecule has 4 fully saturated rings. The normalized spacial score (nSPS) is 32.7. The Bertz CT molecular complexity index is 1750. The van der Waals surface area contributed by atoms with Crippen LogP contribution in [0.3, 0.4) is 0 Å². The van der Waals surface area contributed by atoms with Crippen LogP contribution in [0.1, 0.15) is 37.8 Å². The third-order valence-electron chi connectivity index (χ3n) is 11.0. The first-order valence-corrected chi connectivity index (χ1v) is 20.4. The van der Waals surface area contributed by atoms with Crippen LogP contribution in [0, 0.1) is 11.8 Å². The molecule has 64 heavy (non-hydrogen) atoms. The van der Waals surface area contributed by atoms with Gasteiger partial charge in [-0.2, -0.15) is 0 Å². The molecule has 4 saturated heterocycles. The number of carbonyl (C=O) groups excluding carboxylic acids is 4. The monoisotopic (exact) mass is 919 g/mol. The summed E-state index contributed by atoms with van der Waals surface area (Å²) in [5, 5.41) is 72.8. The second-order valence-corrected chi connectivity index (χ2v) is 15.2. The third-order valence-corrected chi connectivity index (χ3v) is 11.0. The minimum absolute atomic E-state index is 0.0135. The lowest BCUT2D eigenvalue weighted by Crippen LogP contribution is -2.64. The van der Waals surface area contributed by atoms with Crippen molar-refractivity contribution in [2.45, 2.75) is 119 Å². The smallest absolute Gasteiger partial charge is 0.335 e. The average molecular weight is 920 g/mol. The van der Waals surface area contributed by atoms with Crippen LogP contribution in [0.5, 0.6) is 0 Å². The standard InChI is InChI=1S/C38H53F2N5O19/c1-3-20-25-26(21(4-2)60-20)35(53)45(34(25)52)11-7-5-6-10-43(23(46)8-9-24(47)48)16-19-17-44(42-41-19)12-13-57-14-15-58-37-28(40)31(51)32(33(63-37)36(54)55)62-38-27(39)30(50)29(49)22(61-38)18-59-64-56/h3-4,17,20-22,25-33,37-38,49-51,56H,1-2,5-16,18H2,(H,47,48)(H,54,55)/p-2/t20-,21+,22?,25+,26-,27?,28?,29-,30-,31-,32+,33?,37-,38-/m1/s1. The van der Waals surface area contributed by atoms with E-state index in [1.54, 1.807) is 0 Å². The predicted octanol–water partition coefficient (Wildman–Crippen LogP) is -4.02. The van der Waals surface area contributed by atoms with Crippen LogP contribution >= 0.6 is 0 Å². The average Bonchev–Trinajstić information content (AvgIpc) is 3.96. The lowest BCUT2D eigenvalue weighted by atomic mass is 9.89. The van der Waals surface area contributed by atoms with E-state index in [0.717, 1.165) is 0 Å². The number of carboxylic acids is 2. The summed E-state index contributed by atoms with van der Waals surface area (Å²) in [4.78, 5) is 68.9. The number of nitrogens with zero attached hydrogens (tertiary/aromatic N) is 5. The molecule has 0 bridgehead atoms. The summed E-state index contributed by atoms with van der Waals surface area (Å²) in [5.74, 6) is -5.60. The number of ether oxygens (including phenoxy) is 6. The number of likely N-dealkylation sites (tertiary alicyclic amines) is 1. The number of aromatic nitrogens is 3. The Morgan fingerprint density at radius 2 is 1.58 bits per heavy atom. The van der Waals surface area contributed by atoms with Crippen molar-refractivity contribution >= 4 is 29.7 Å². The van der Waals surface area contributed by atoms with Gasteiger partial charge in [0.2, 0.25) is 17.7 Å². The molecule has 1 aromatic rings. The lowest BCUT2D eigenvalue weighted by Gasteiger charge is -2.44. The van der Waals surface area contributed by atoms with E-state index < -0.39 is 116 Å². The van der Waals surface area contributed by atoms with Crippen molar-refractivity contribution in [1.29, 1.82) is 0 Å². The van der Waals surface area contributed by atoms with Gasteiger partial charge in [0.1, 0.15) is 42.8 Å². The van der Waals surface area contributed by atoms with Gasteiger partial charge in [0, 0.05) is 25.5 Å². The van der Waals surface area contributed by atoms with Crippen molar-refractivity contribution in [3.63, 3.8) is 0 Å². The zero-order chi connectivity index (χ0) is 46.7. The molecule has 3 amide bonds. The number of hydrogen-bond donors (Lipinski definition) is 4. The third kappa shape index (κ3) is 12.3. The Morgan fingerprint density at radius 1 is 0.891 bits per heavy atom. The number of halogens is 2. The number of aliphatic carboxylic acids is 2. The van der Waals surface area contributed by atoms with E-state index in [9.17, 15) is 59.2 Å². The Balaban J connectivity index is 1.04. The molecule has 24 nitrogen and oxygen atoms in total. The maximum absolute atomic E-state index is 15.2. The molecule has 358 valence electrons. The Hall–Kier alpha value is -4.45. The maximum atomic E-state index is 15.2. The zero-order valence-electron chi connectivity index (χ0n) is 34.3. The van der Waals surface area contributed by atoms with E-state index in [1.807, 2.05) is 0 Å². The number of unbranched alkanes of at least 4 members (excludes halogenated alkanes) is 2. The Morgan fingerprint density at radius 3 is 2.22 bits per heavy atom. The molecule has 4 N–H and O–H groups in total. The molecular formula is C38H51F2N5O19-2. The highest BCUT2D eigenvalue weighted by Gasteiger charge is 2.58. The fraction of sp³-hybridized carbons (Fsp3) is 0.711. The number of carboxylic acid groups (broad SMARTS) is 2. The fourth-order valence-electron chi connectivity index (χ4n) is 7.74. The highest BCUT2D eigenvalue weighted by Crippen LogP contribution is 2.41. The van der Waals surface area contributed by atoms with Gasteiger partial charge in [-0.25, -0.2) is 23.1 Å². The molecule has 5 heterocycles. The van der Waals surface area contributed by atoms with Crippen LogP contribution in [0.4, 0.5) is 8.78 Å². The first-order valence-electron chi connectivity index (χ1n) is 20.4. The van der Waals surface area contributed by atoms with Crippen molar-refractivity contribution in [2.75, 3.05) is 39.5 Å². The van der Waals surface area contributed by atoms with Gasteiger partial charge in [0.25, 0.3) is 0 Å². The molecular weight excluding hydrogens is 868 g/mol. The molecule has 0 spiro atoms. The van der Waals surface area contributed by atoms with Gasteiger partial charge >= 0.3 is 5.97 Å². The van der Waals surface area contributed by atoms with Gasteiger partial charge in [-0.3, -0.25) is 24.3 Å². The number of carbonyl (C=O) groups is 5. The molecule has 1 aromatic heterocycles. The van der Waals surface area contributed by atoms with E-state index in [0.29, 0.717) is 25.0 Å². The topological polar surface area (TPSA) is 323 Å². The number of alkyl halides is 2. The molecule has 0 saturated carbocycles. The van der Waals surface area contributed by atoms with Gasteiger partial charge in [0.05, 0.1) is 63.2 Å². The molecule has 5 rings (SSSR count). The molecule has 4 aliphatic heterocycles. The second kappa shape index (κ2) is 23.7. The summed E-state index contributed by atoms with van der Waals surface area (Å²) in [6.07, 6.45) is -17.3. The molecule has 26 heteroatoms. The predicted molar refractivity (Wildman–Crippen MR) is 198 cm³/mol. The fourth-order valence-corrected chi connectivity index (χ4v) is 7.74. The second-order valence-electron chi connectivity index (χ2n) is 15.2. The Labute approximate surface area is 363 Å². The van der Waals surface area contributed by atoms with Crippen molar-refractivity contribution in [2.24, 2.45) is 11.8 Å². The van der Waals surface area contributed by atoms with E-state index in [1.165, 1.54) is 32.8 Å². The zero-order valence-corrected chi connectivity index (χ0v) is 34.3. The molecule has 4 aliphatic rings. The van der Waals surface area contributed by atoms with Crippen molar-refractivity contribution in [1.82, 2.24) is 24.8 Å². The summed E-state index contributed by atoms with van der Waals surface area (Å²) >= 11 is 0. The number of aliphatic hydroxyl groups excluding tert-OH is 3. The van der Waals surface area contributed by atoms with Crippen molar-refractivity contribution in [3.05, 3.63) is 37.2 Å². The number of amides is 3.